The average Bonchev–Trinajstić information content (AvgIpc) is 2.91. The number of rotatable bonds is 2. The van der Waals surface area contributed by atoms with Crippen LogP contribution in [0, 0.1) is 28.8 Å². The van der Waals surface area contributed by atoms with Crippen molar-refractivity contribution in [1.82, 2.24) is 0 Å². The third kappa shape index (κ3) is 2.50. The summed E-state index contributed by atoms with van der Waals surface area (Å²) in [7, 11) is 0. The maximum absolute atomic E-state index is 13.6. The van der Waals surface area contributed by atoms with Crippen LogP contribution in [-0.4, -0.2) is 0 Å². The first-order valence-corrected chi connectivity index (χ1v) is 6.29. The van der Waals surface area contributed by atoms with E-state index in [4.69, 9.17) is 16.9 Å². The van der Waals surface area contributed by atoms with Gasteiger partial charge in [0, 0.05) is 10.4 Å². The average molecular weight is 300 g/mol. The highest BCUT2D eigenvalue weighted by Crippen LogP contribution is 2.33. The molecule has 2 aromatic rings. The Balaban J connectivity index is 2.64. The number of benzene rings is 1. The van der Waals surface area contributed by atoms with E-state index in [1.54, 1.807) is 17.5 Å². The Morgan fingerprint density at radius 2 is 1.89 bits per heavy atom. The van der Waals surface area contributed by atoms with Gasteiger partial charge in [0.2, 0.25) is 0 Å². The number of thiophene rings is 1. The first kappa shape index (κ1) is 13.7. The predicted molar refractivity (Wildman–Crippen MR) is 68.9 cm³/mol. The van der Waals surface area contributed by atoms with Gasteiger partial charge >= 0.3 is 0 Å². The second-order valence-corrected chi connectivity index (χ2v) is 4.83. The lowest BCUT2D eigenvalue weighted by Crippen LogP contribution is -1.96. The van der Waals surface area contributed by atoms with E-state index in [9.17, 15) is 13.2 Å². The normalized spacial score (nSPS) is 11.9. The predicted octanol–water partition coefficient (Wildman–Crippen LogP) is 4.80. The lowest BCUT2D eigenvalue weighted by atomic mass is 10.1. The fourth-order valence-electron chi connectivity index (χ4n) is 1.46. The van der Waals surface area contributed by atoms with Crippen LogP contribution >= 0.6 is 22.9 Å². The van der Waals surface area contributed by atoms with Crippen molar-refractivity contribution in [2.24, 2.45) is 0 Å². The molecule has 96 valence electrons. The molecule has 0 atom stereocenters. The van der Waals surface area contributed by atoms with E-state index in [1.807, 2.05) is 6.07 Å². The van der Waals surface area contributed by atoms with E-state index in [2.05, 4.69) is 0 Å². The summed E-state index contributed by atoms with van der Waals surface area (Å²) in [5.74, 6) is -4.33. The topological polar surface area (TPSA) is 23.8 Å². The monoisotopic (exact) mass is 299 g/mol. The second-order valence-electron chi connectivity index (χ2n) is 3.50. The fraction of sp³-hybridized carbons (Fsp3) is 0. The molecule has 0 aliphatic carbocycles. The highest BCUT2D eigenvalue weighted by atomic mass is 35.5. The minimum Gasteiger partial charge on any atom is -0.204 e. The van der Waals surface area contributed by atoms with Crippen molar-refractivity contribution >= 4 is 33.5 Å². The van der Waals surface area contributed by atoms with Crippen LogP contribution in [0.3, 0.4) is 0 Å². The van der Waals surface area contributed by atoms with E-state index >= 15 is 0 Å². The van der Waals surface area contributed by atoms with Crippen molar-refractivity contribution in [3.8, 4) is 6.07 Å². The zero-order chi connectivity index (χ0) is 14.0. The highest BCUT2D eigenvalue weighted by Gasteiger charge is 2.19. The number of nitriles is 1. The van der Waals surface area contributed by atoms with Gasteiger partial charge in [0.05, 0.1) is 10.6 Å². The van der Waals surface area contributed by atoms with E-state index in [0.717, 1.165) is 12.1 Å². The SMILES string of the molecule is N#CC(=C(Cl)c1ccc(F)c(F)c1F)c1cccs1. The van der Waals surface area contributed by atoms with Crippen molar-refractivity contribution < 1.29 is 13.2 Å². The molecule has 0 fully saturated rings. The Bertz CT molecular complexity index is 687. The summed E-state index contributed by atoms with van der Waals surface area (Å²) >= 11 is 7.16. The maximum Gasteiger partial charge on any atom is 0.195 e. The van der Waals surface area contributed by atoms with Gasteiger partial charge in [0.1, 0.15) is 6.07 Å². The summed E-state index contributed by atoms with van der Waals surface area (Å²) in [4.78, 5) is 0.525. The zero-order valence-corrected chi connectivity index (χ0v) is 10.8. The molecule has 0 amide bonds. The summed E-state index contributed by atoms with van der Waals surface area (Å²) in [6.45, 7) is 0. The van der Waals surface area contributed by atoms with Crippen molar-refractivity contribution in [3.63, 3.8) is 0 Å². The number of hydrogen-bond donors (Lipinski definition) is 0. The highest BCUT2D eigenvalue weighted by molar-refractivity contribution is 7.11. The Morgan fingerprint density at radius 1 is 1.16 bits per heavy atom. The summed E-state index contributed by atoms with van der Waals surface area (Å²) in [6, 6.07) is 6.93. The van der Waals surface area contributed by atoms with Crippen LogP contribution in [0.25, 0.3) is 10.6 Å². The van der Waals surface area contributed by atoms with Crippen molar-refractivity contribution in [1.29, 1.82) is 5.26 Å². The zero-order valence-electron chi connectivity index (χ0n) is 9.25. The number of halogens is 4. The molecule has 6 heteroatoms. The Hall–Kier alpha value is -1.77. The molecular weight excluding hydrogens is 295 g/mol. The van der Waals surface area contributed by atoms with Crippen LogP contribution in [0.1, 0.15) is 10.4 Å². The summed E-state index contributed by atoms with van der Waals surface area (Å²) in [5.41, 5.74) is -0.327. The van der Waals surface area contributed by atoms with E-state index in [0.29, 0.717) is 4.88 Å². The quantitative estimate of drug-likeness (QED) is 0.577. The van der Waals surface area contributed by atoms with Crippen LogP contribution in [0.5, 0.6) is 0 Å². The lowest BCUT2D eigenvalue weighted by molar-refractivity contribution is 0.446. The van der Waals surface area contributed by atoms with Crippen LogP contribution in [-0.2, 0) is 0 Å². The molecule has 19 heavy (non-hydrogen) atoms. The summed E-state index contributed by atoms with van der Waals surface area (Å²) in [6.07, 6.45) is 0. The van der Waals surface area contributed by atoms with Crippen LogP contribution in [0.4, 0.5) is 13.2 Å². The lowest BCUT2D eigenvalue weighted by Gasteiger charge is -2.05. The Kier molecular flexibility index (Phi) is 3.93. The first-order valence-electron chi connectivity index (χ1n) is 5.04. The molecule has 1 aromatic heterocycles. The molecule has 2 rings (SSSR count). The van der Waals surface area contributed by atoms with Crippen molar-refractivity contribution in [2.45, 2.75) is 0 Å². The standard InChI is InChI=1S/C13H5ClF3NS/c14-11(8(6-18)10-2-1-5-19-10)7-3-4-9(15)13(17)12(7)16/h1-5H. The van der Waals surface area contributed by atoms with Gasteiger partial charge in [-0.3, -0.25) is 0 Å². The molecule has 1 aromatic carbocycles. The number of hydrogen-bond acceptors (Lipinski definition) is 2. The molecule has 0 radical (unpaired) electrons. The van der Waals surface area contributed by atoms with Gasteiger partial charge in [-0.05, 0) is 23.6 Å². The van der Waals surface area contributed by atoms with Gasteiger partial charge in [-0.15, -0.1) is 11.3 Å². The van der Waals surface area contributed by atoms with Gasteiger partial charge < -0.3 is 0 Å². The maximum atomic E-state index is 13.6. The Labute approximate surface area is 116 Å². The van der Waals surface area contributed by atoms with Gasteiger partial charge in [0.15, 0.2) is 17.5 Å². The molecule has 0 saturated carbocycles. The largest absolute Gasteiger partial charge is 0.204 e. The van der Waals surface area contributed by atoms with Gasteiger partial charge in [-0.2, -0.15) is 5.26 Å². The molecular formula is C13H5ClF3NS. The minimum absolute atomic E-state index is 0.0153. The molecule has 1 nitrogen and oxygen atoms in total. The summed E-state index contributed by atoms with van der Waals surface area (Å²) < 4.78 is 39.6. The third-order valence-electron chi connectivity index (χ3n) is 2.37. The van der Waals surface area contributed by atoms with E-state index < -0.39 is 17.5 Å². The molecule has 1 heterocycles. The van der Waals surface area contributed by atoms with Gasteiger partial charge in [0.25, 0.3) is 0 Å². The molecule has 0 saturated heterocycles. The fourth-order valence-corrected chi connectivity index (χ4v) is 2.54. The summed E-state index contributed by atoms with van der Waals surface area (Å²) in [5, 5.41) is 10.5. The molecule has 0 unspecified atom stereocenters. The first-order chi connectivity index (χ1) is 9.06. The van der Waals surface area contributed by atoms with Crippen LogP contribution in [0.2, 0.25) is 0 Å². The second kappa shape index (κ2) is 5.47. The Morgan fingerprint density at radius 3 is 2.47 bits per heavy atom. The minimum atomic E-state index is -1.61. The van der Waals surface area contributed by atoms with Crippen molar-refractivity contribution in [2.75, 3.05) is 0 Å². The van der Waals surface area contributed by atoms with Gasteiger partial charge in [-0.25, -0.2) is 13.2 Å². The number of nitrogens with zero attached hydrogens (tertiary/aromatic N) is 1. The number of allylic oxidation sites excluding steroid dienone is 1. The molecule has 0 aliphatic rings. The molecule has 0 bridgehead atoms. The molecule has 0 spiro atoms. The third-order valence-corrected chi connectivity index (χ3v) is 3.65. The van der Waals surface area contributed by atoms with E-state index in [-0.39, 0.29) is 16.2 Å². The van der Waals surface area contributed by atoms with Crippen LogP contribution < -0.4 is 0 Å². The molecule has 0 aliphatic heterocycles. The van der Waals surface area contributed by atoms with Crippen LogP contribution in [0.15, 0.2) is 29.6 Å². The van der Waals surface area contributed by atoms with E-state index in [1.165, 1.54) is 11.3 Å². The van der Waals surface area contributed by atoms with Crippen molar-refractivity contribution in [3.05, 3.63) is 57.5 Å². The molecule has 0 N–H and O–H groups in total. The van der Waals surface area contributed by atoms with Gasteiger partial charge in [-0.1, -0.05) is 17.7 Å². The smallest absolute Gasteiger partial charge is 0.195 e.